The first-order chi connectivity index (χ1) is 21.8. The molecule has 1 atom stereocenters. The van der Waals surface area contributed by atoms with E-state index in [1.807, 2.05) is 6.92 Å². The number of halogens is 7. The predicted molar refractivity (Wildman–Crippen MR) is 157 cm³/mol. The Labute approximate surface area is 261 Å². The summed E-state index contributed by atoms with van der Waals surface area (Å²) in [6.45, 7) is 2.21. The van der Waals surface area contributed by atoms with Gasteiger partial charge in [0.2, 0.25) is 0 Å². The number of aromatic nitrogens is 2. The molecule has 3 aromatic carbocycles. The van der Waals surface area contributed by atoms with E-state index in [-0.39, 0.29) is 42.2 Å². The molecule has 13 heteroatoms. The SMILES string of the molecule is CCCCn1c(-c2ccccc2)nc(C(F)(F)F)c1CC(NCc1ccc(C(=O)OC)cc1)c1cccc(OC(F)(F)C(F)F)c1. The molecule has 1 aromatic heterocycles. The van der Waals surface area contributed by atoms with Crippen LogP contribution in [-0.4, -0.2) is 35.2 Å². The third-order valence-corrected chi connectivity index (χ3v) is 7.20. The first-order valence-electron chi connectivity index (χ1n) is 14.4. The number of carbonyl (C=O) groups excluding carboxylic acids is 1. The molecule has 0 saturated carbocycles. The van der Waals surface area contributed by atoms with Crippen molar-refractivity contribution in [3.63, 3.8) is 0 Å². The van der Waals surface area contributed by atoms with Crippen molar-refractivity contribution in [3.8, 4) is 17.1 Å². The van der Waals surface area contributed by atoms with Crippen molar-refractivity contribution in [2.75, 3.05) is 7.11 Å². The van der Waals surface area contributed by atoms with Gasteiger partial charge in [-0.3, -0.25) is 0 Å². The van der Waals surface area contributed by atoms with Crippen molar-refractivity contribution < 1.29 is 45.0 Å². The molecule has 0 amide bonds. The van der Waals surface area contributed by atoms with E-state index in [9.17, 15) is 35.5 Å². The Morgan fingerprint density at radius 3 is 2.26 bits per heavy atom. The maximum atomic E-state index is 14.5. The van der Waals surface area contributed by atoms with Crippen molar-refractivity contribution in [1.82, 2.24) is 14.9 Å². The van der Waals surface area contributed by atoms with E-state index in [0.717, 1.165) is 12.1 Å². The van der Waals surface area contributed by atoms with Crippen molar-refractivity contribution in [1.29, 1.82) is 0 Å². The average Bonchev–Trinajstić information content (AvgIpc) is 3.40. The summed E-state index contributed by atoms with van der Waals surface area (Å²) in [5.74, 6) is -1.01. The normalized spacial score (nSPS) is 12.7. The highest BCUT2D eigenvalue weighted by atomic mass is 19.4. The number of hydrogen-bond acceptors (Lipinski definition) is 5. The van der Waals surface area contributed by atoms with Gasteiger partial charge in [-0.05, 0) is 41.8 Å². The number of unbranched alkanes of at least 4 members (excludes halogenated alkanes) is 1. The van der Waals surface area contributed by atoms with E-state index in [1.54, 1.807) is 42.5 Å². The summed E-state index contributed by atoms with van der Waals surface area (Å²) in [6, 6.07) is 18.7. The molecule has 0 aliphatic rings. The highest BCUT2D eigenvalue weighted by Crippen LogP contribution is 2.37. The topological polar surface area (TPSA) is 65.4 Å². The summed E-state index contributed by atoms with van der Waals surface area (Å²) in [4.78, 5) is 15.9. The number of benzene rings is 3. The third kappa shape index (κ3) is 8.45. The summed E-state index contributed by atoms with van der Waals surface area (Å²) >= 11 is 0. The Balaban J connectivity index is 1.79. The molecule has 0 radical (unpaired) electrons. The zero-order chi connectivity index (χ0) is 33.5. The number of ether oxygens (including phenoxy) is 2. The van der Waals surface area contributed by atoms with Crippen LogP contribution in [-0.2, 0) is 30.4 Å². The van der Waals surface area contributed by atoms with Gasteiger partial charge in [0.05, 0.1) is 18.4 Å². The third-order valence-electron chi connectivity index (χ3n) is 7.20. The quantitative estimate of drug-likeness (QED) is 0.110. The van der Waals surface area contributed by atoms with Gasteiger partial charge in [-0.2, -0.15) is 30.7 Å². The van der Waals surface area contributed by atoms with Crippen LogP contribution in [0.2, 0.25) is 0 Å². The Morgan fingerprint density at radius 1 is 0.957 bits per heavy atom. The Bertz CT molecular complexity index is 1590. The van der Waals surface area contributed by atoms with Gasteiger partial charge in [0, 0.05) is 31.1 Å². The minimum absolute atomic E-state index is 0.0837. The van der Waals surface area contributed by atoms with E-state index in [2.05, 4.69) is 15.0 Å². The monoisotopic (exact) mass is 651 g/mol. The summed E-state index contributed by atoms with van der Waals surface area (Å²) in [7, 11) is 1.24. The molecule has 0 aliphatic heterocycles. The molecule has 246 valence electrons. The molecule has 1 unspecified atom stereocenters. The minimum Gasteiger partial charge on any atom is -0.465 e. The Morgan fingerprint density at radius 2 is 1.65 bits per heavy atom. The van der Waals surface area contributed by atoms with Gasteiger partial charge in [0.25, 0.3) is 0 Å². The van der Waals surface area contributed by atoms with E-state index in [4.69, 9.17) is 4.74 Å². The van der Waals surface area contributed by atoms with E-state index < -0.39 is 42.2 Å². The van der Waals surface area contributed by atoms with Crippen molar-refractivity contribution >= 4 is 5.97 Å². The fourth-order valence-electron chi connectivity index (χ4n) is 4.90. The van der Waals surface area contributed by atoms with Gasteiger partial charge in [-0.1, -0.05) is 67.9 Å². The number of rotatable bonds is 14. The summed E-state index contributed by atoms with van der Waals surface area (Å²) in [5.41, 5.74) is 0.406. The first kappa shape index (κ1) is 34.5. The van der Waals surface area contributed by atoms with E-state index >= 15 is 0 Å². The number of carbonyl (C=O) groups is 1. The van der Waals surface area contributed by atoms with Crippen molar-refractivity contribution in [2.24, 2.45) is 0 Å². The molecule has 0 bridgehead atoms. The van der Waals surface area contributed by atoms with Gasteiger partial charge in [0.1, 0.15) is 11.6 Å². The largest absolute Gasteiger partial charge is 0.465 e. The summed E-state index contributed by atoms with van der Waals surface area (Å²) in [5, 5.41) is 3.17. The minimum atomic E-state index is -4.82. The number of hydrogen-bond donors (Lipinski definition) is 1. The van der Waals surface area contributed by atoms with Crippen LogP contribution in [0, 0.1) is 0 Å². The fraction of sp³-hybridized carbons (Fsp3) is 0.333. The maximum absolute atomic E-state index is 14.5. The molecule has 4 rings (SSSR count). The van der Waals surface area contributed by atoms with Crippen LogP contribution in [0.15, 0.2) is 78.9 Å². The highest BCUT2D eigenvalue weighted by molar-refractivity contribution is 5.89. The lowest BCUT2D eigenvalue weighted by Crippen LogP contribution is -2.33. The first-order valence-corrected chi connectivity index (χ1v) is 14.4. The zero-order valence-corrected chi connectivity index (χ0v) is 25.0. The number of nitrogens with one attached hydrogen (secondary N) is 1. The molecule has 0 fully saturated rings. The second-order valence-corrected chi connectivity index (χ2v) is 10.5. The standard InChI is InChI=1S/C33H32F7N3O3/c1-3-4-17-43-27(28(32(36,37)38)42-29(43)22-9-6-5-7-10-22)19-26(41-20-21-13-15-23(16-14-21)30(44)45-2)24-11-8-12-25(18-24)46-33(39,40)31(34)35/h5-16,18,26,31,41H,3-4,17,19-20H2,1-2H3. The Hall–Kier alpha value is -4.39. The van der Waals surface area contributed by atoms with Crippen LogP contribution in [0.5, 0.6) is 5.75 Å². The molecule has 0 aliphatic carbocycles. The number of methoxy groups -OCH3 is 1. The van der Waals surface area contributed by atoms with Gasteiger partial charge < -0.3 is 19.4 Å². The summed E-state index contributed by atoms with van der Waals surface area (Å²) in [6.07, 6.45) is -12.8. The molecular formula is C33H32F7N3O3. The van der Waals surface area contributed by atoms with Crippen LogP contribution in [0.25, 0.3) is 11.4 Å². The van der Waals surface area contributed by atoms with Gasteiger partial charge in [-0.15, -0.1) is 0 Å². The maximum Gasteiger partial charge on any atom is 0.461 e. The number of alkyl halides is 7. The molecular weight excluding hydrogens is 619 g/mol. The molecule has 1 N–H and O–H groups in total. The lowest BCUT2D eigenvalue weighted by Gasteiger charge is -2.23. The van der Waals surface area contributed by atoms with Crippen LogP contribution < -0.4 is 10.1 Å². The second-order valence-electron chi connectivity index (χ2n) is 10.5. The molecule has 6 nitrogen and oxygen atoms in total. The number of esters is 1. The fourth-order valence-corrected chi connectivity index (χ4v) is 4.90. The summed E-state index contributed by atoms with van der Waals surface area (Å²) < 4.78 is 107. The van der Waals surface area contributed by atoms with Crippen LogP contribution in [0.3, 0.4) is 0 Å². The smallest absolute Gasteiger partial charge is 0.461 e. The number of nitrogens with zero attached hydrogens (tertiary/aromatic N) is 2. The lowest BCUT2D eigenvalue weighted by molar-refractivity contribution is -0.253. The Kier molecular flexibility index (Phi) is 11.1. The van der Waals surface area contributed by atoms with Gasteiger partial charge in [-0.25, -0.2) is 9.78 Å². The molecule has 0 saturated heterocycles. The van der Waals surface area contributed by atoms with Gasteiger partial charge in [0.15, 0.2) is 5.69 Å². The lowest BCUT2D eigenvalue weighted by atomic mass is 9.99. The zero-order valence-electron chi connectivity index (χ0n) is 25.0. The van der Waals surface area contributed by atoms with E-state index in [0.29, 0.717) is 24.0 Å². The molecule has 1 heterocycles. The average molecular weight is 652 g/mol. The molecule has 0 spiro atoms. The molecule has 4 aromatic rings. The van der Waals surface area contributed by atoms with Crippen molar-refractivity contribution in [2.45, 2.75) is 64.0 Å². The van der Waals surface area contributed by atoms with Gasteiger partial charge >= 0.3 is 24.7 Å². The van der Waals surface area contributed by atoms with Crippen LogP contribution in [0.1, 0.15) is 58.7 Å². The second kappa shape index (κ2) is 14.8. The van der Waals surface area contributed by atoms with Crippen LogP contribution >= 0.6 is 0 Å². The van der Waals surface area contributed by atoms with Crippen LogP contribution in [0.4, 0.5) is 30.7 Å². The van der Waals surface area contributed by atoms with Crippen molar-refractivity contribution in [3.05, 3.63) is 107 Å². The van der Waals surface area contributed by atoms with E-state index in [1.165, 1.54) is 35.9 Å². The number of imidazole rings is 1. The highest BCUT2D eigenvalue weighted by Gasteiger charge is 2.44. The molecule has 46 heavy (non-hydrogen) atoms. The predicted octanol–water partition coefficient (Wildman–Crippen LogP) is 8.47.